The van der Waals surface area contributed by atoms with E-state index in [0.29, 0.717) is 0 Å². The quantitative estimate of drug-likeness (QED) is 0.843. The van der Waals surface area contributed by atoms with Gasteiger partial charge in [0.15, 0.2) is 0 Å². The van der Waals surface area contributed by atoms with Gasteiger partial charge in [-0.25, -0.2) is 0 Å². The van der Waals surface area contributed by atoms with Crippen LogP contribution < -0.4 is 5.73 Å². The molecule has 1 amide bonds. The molecule has 0 aromatic heterocycles. The maximum absolute atomic E-state index is 12.4. The number of amides is 1. The van der Waals surface area contributed by atoms with Gasteiger partial charge in [0.25, 0.3) is 5.91 Å². The number of carbonyl (C=O) groups excluding carboxylic acids is 1. The van der Waals surface area contributed by atoms with Crippen molar-refractivity contribution in [2.45, 2.75) is 45.1 Å². The third kappa shape index (κ3) is 3.35. The summed E-state index contributed by atoms with van der Waals surface area (Å²) < 4.78 is 0. The number of rotatable bonds is 1. The van der Waals surface area contributed by atoms with E-state index in [2.05, 4.69) is 32.9 Å². The highest BCUT2D eigenvalue weighted by Gasteiger charge is 2.22. The van der Waals surface area contributed by atoms with Crippen LogP contribution in [0.2, 0.25) is 0 Å². The maximum Gasteiger partial charge on any atom is 0.253 e. The van der Waals surface area contributed by atoms with Gasteiger partial charge in [-0.3, -0.25) is 4.79 Å². The second-order valence-electron chi connectivity index (χ2n) is 6.46. The number of hydrogen-bond donors (Lipinski definition) is 1. The molecule has 0 unspecified atom stereocenters. The molecule has 3 nitrogen and oxygen atoms in total. The molecule has 2 N–H and O–H groups in total. The minimum absolute atomic E-state index is 0.124. The lowest BCUT2D eigenvalue weighted by molar-refractivity contribution is 0.0714. The Bertz CT molecular complexity index is 437. The molecular weight excluding hydrogens is 236 g/mol. The Balaban J connectivity index is 2.08. The topological polar surface area (TPSA) is 46.3 Å². The predicted octanol–water partition coefficient (Wildman–Crippen LogP) is 2.55. The Morgan fingerprint density at radius 3 is 2.16 bits per heavy atom. The zero-order valence-corrected chi connectivity index (χ0v) is 12.1. The summed E-state index contributed by atoms with van der Waals surface area (Å²) in [4.78, 5) is 14.3. The molecule has 1 fully saturated rings. The molecule has 3 heteroatoms. The van der Waals surface area contributed by atoms with Crippen LogP contribution >= 0.6 is 0 Å². The summed E-state index contributed by atoms with van der Waals surface area (Å²) in [7, 11) is 0. The number of likely N-dealkylation sites (tertiary alicyclic amines) is 1. The molecule has 0 aliphatic carbocycles. The van der Waals surface area contributed by atoms with Crippen molar-refractivity contribution in [1.82, 2.24) is 4.90 Å². The molecule has 2 rings (SSSR count). The van der Waals surface area contributed by atoms with Crippen LogP contribution in [0.3, 0.4) is 0 Å². The molecule has 0 bridgehead atoms. The van der Waals surface area contributed by atoms with Gasteiger partial charge in [-0.15, -0.1) is 0 Å². The molecule has 1 heterocycles. The number of piperidine rings is 1. The van der Waals surface area contributed by atoms with Crippen molar-refractivity contribution in [2.75, 3.05) is 13.1 Å². The van der Waals surface area contributed by atoms with Crippen LogP contribution in [0.25, 0.3) is 0 Å². The average Bonchev–Trinajstić information content (AvgIpc) is 2.38. The minimum Gasteiger partial charge on any atom is -0.339 e. The molecular formula is C16H24N2O. The standard InChI is InChI=1S/C16H24N2O/c1-16(2,3)13-6-4-12(5-7-13)15(19)18-10-8-14(17)9-11-18/h4-7,14H,8-11,17H2,1-3H3. The van der Waals surface area contributed by atoms with Gasteiger partial charge in [0, 0.05) is 24.7 Å². The highest BCUT2D eigenvalue weighted by atomic mass is 16.2. The van der Waals surface area contributed by atoms with Crippen molar-refractivity contribution in [3.63, 3.8) is 0 Å². The van der Waals surface area contributed by atoms with Crippen molar-refractivity contribution in [3.8, 4) is 0 Å². The summed E-state index contributed by atoms with van der Waals surface area (Å²) in [5.74, 6) is 0.132. The van der Waals surface area contributed by atoms with Crippen LogP contribution in [0, 0.1) is 0 Å². The molecule has 1 saturated heterocycles. The SMILES string of the molecule is CC(C)(C)c1ccc(C(=O)N2CCC(N)CC2)cc1. The van der Waals surface area contributed by atoms with Gasteiger partial charge in [0.2, 0.25) is 0 Å². The number of nitrogens with zero attached hydrogens (tertiary/aromatic N) is 1. The lowest BCUT2D eigenvalue weighted by Crippen LogP contribution is -2.42. The van der Waals surface area contributed by atoms with Gasteiger partial charge in [0.05, 0.1) is 0 Å². The van der Waals surface area contributed by atoms with Crippen LogP contribution in [-0.2, 0) is 5.41 Å². The third-order valence-corrected chi connectivity index (χ3v) is 3.82. The first-order valence-corrected chi connectivity index (χ1v) is 7.03. The molecule has 104 valence electrons. The fourth-order valence-electron chi connectivity index (χ4n) is 2.40. The number of benzene rings is 1. The first-order valence-electron chi connectivity index (χ1n) is 7.03. The van der Waals surface area contributed by atoms with E-state index in [1.165, 1.54) is 5.56 Å². The van der Waals surface area contributed by atoms with Crippen molar-refractivity contribution in [1.29, 1.82) is 0 Å². The van der Waals surface area contributed by atoms with Crippen LogP contribution in [0.1, 0.15) is 49.5 Å². The Hall–Kier alpha value is -1.35. The van der Waals surface area contributed by atoms with E-state index in [4.69, 9.17) is 5.73 Å². The Labute approximate surface area is 115 Å². The van der Waals surface area contributed by atoms with Crippen LogP contribution in [0.5, 0.6) is 0 Å². The molecule has 0 spiro atoms. The van der Waals surface area contributed by atoms with Crippen LogP contribution in [0.15, 0.2) is 24.3 Å². The van der Waals surface area contributed by atoms with E-state index in [9.17, 15) is 4.79 Å². The van der Waals surface area contributed by atoms with Gasteiger partial charge in [0.1, 0.15) is 0 Å². The summed E-state index contributed by atoms with van der Waals surface area (Å²) in [6.07, 6.45) is 1.82. The van der Waals surface area contributed by atoms with Crippen molar-refractivity contribution in [2.24, 2.45) is 5.73 Å². The maximum atomic E-state index is 12.4. The molecule has 0 saturated carbocycles. The lowest BCUT2D eigenvalue weighted by atomic mass is 9.86. The van der Waals surface area contributed by atoms with Gasteiger partial charge < -0.3 is 10.6 Å². The molecule has 0 radical (unpaired) electrons. The van der Waals surface area contributed by atoms with Gasteiger partial charge >= 0.3 is 0 Å². The van der Waals surface area contributed by atoms with Crippen molar-refractivity contribution in [3.05, 3.63) is 35.4 Å². The highest BCUT2D eigenvalue weighted by molar-refractivity contribution is 5.94. The summed E-state index contributed by atoms with van der Waals surface area (Å²) >= 11 is 0. The second-order valence-corrected chi connectivity index (χ2v) is 6.46. The fourth-order valence-corrected chi connectivity index (χ4v) is 2.40. The first-order chi connectivity index (χ1) is 8.88. The van der Waals surface area contributed by atoms with Crippen LogP contribution in [0.4, 0.5) is 0 Å². The van der Waals surface area contributed by atoms with E-state index < -0.39 is 0 Å². The van der Waals surface area contributed by atoms with Gasteiger partial charge in [-0.05, 0) is 36.0 Å². The minimum atomic E-state index is 0.124. The third-order valence-electron chi connectivity index (χ3n) is 3.82. The highest BCUT2D eigenvalue weighted by Crippen LogP contribution is 2.23. The Morgan fingerprint density at radius 2 is 1.68 bits per heavy atom. The molecule has 1 aliphatic heterocycles. The van der Waals surface area contributed by atoms with Crippen molar-refractivity contribution >= 4 is 5.91 Å². The normalized spacial score (nSPS) is 17.6. The average molecular weight is 260 g/mol. The van der Waals surface area contributed by atoms with E-state index in [-0.39, 0.29) is 17.4 Å². The zero-order valence-electron chi connectivity index (χ0n) is 12.1. The fraction of sp³-hybridized carbons (Fsp3) is 0.562. The number of carbonyl (C=O) groups is 1. The molecule has 0 atom stereocenters. The van der Waals surface area contributed by atoms with E-state index in [1.807, 2.05) is 17.0 Å². The molecule has 19 heavy (non-hydrogen) atoms. The summed E-state index contributed by atoms with van der Waals surface area (Å²) in [5.41, 5.74) is 8.03. The van der Waals surface area contributed by atoms with E-state index in [0.717, 1.165) is 31.5 Å². The van der Waals surface area contributed by atoms with Gasteiger partial charge in [-0.1, -0.05) is 32.9 Å². The Kier molecular flexibility index (Phi) is 3.95. The van der Waals surface area contributed by atoms with Crippen LogP contribution in [-0.4, -0.2) is 29.9 Å². The summed E-state index contributed by atoms with van der Waals surface area (Å²) in [5, 5.41) is 0. The van der Waals surface area contributed by atoms with E-state index in [1.54, 1.807) is 0 Å². The molecule has 1 aliphatic rings. The Morgan fingerprint density at radius 1 is 1.16 bits per heavy atom. The monoisotopic (exact) mass is 260 g/mol. The van der Waals surface area contributed by atoms with Gasteiger partial charge in [-0.2, -0.15) is 0 Å². The first kappa shape index (κ1) is 14.1. The largest absolute Gasteiger partial charge is 0.339 e. The zero-order chi connectivity index (χ0) is 14.0. The smallest absolute Gasteiger partial charge is 0.253 e. The lowest BCUT2D eigenvalue weighted by Gasteiger charge is -2.30. The second kappa shape index (κ2) is 5.33. The van der Waals surface area contributed by atoms with E-state index >= 15 is 0 Å². The number of hydrogen-bond acceptors (Lipinski definition) is 2. The summed E-state index contributed by atoms with van der Waals surface area (Å²) in [6.45, 7) is 8.09. The predicted molar refractivity (Wildman–Crippen MR) is 78.3 cm³/mol. The summed E-state index contributed by atoms with van der Waals surface area (Å²) in [6, 6.07) is 8.26. The van der Waals surface area contributed by atoms with Crippen molar-refractivity contribution < 1.29 is 4.79 Å². The molecule has 1 aromatic carbocycles. The molecule has 1 aromatic rings. The number of nitrogens with two attached hydrogens (primary N) is 1.